The van der Waals surface area contributed by atoms with Gasteiger partial charge in [-0.15, -0.1) is 0 Å². The van der Waals surface area contributed by atoms with Crippen molar-refractivity contribution < 1.29 is 55.8 Å². The van der Waals surface area contributed by atoms with Gasteiger partial charge in [-0.25, -0.2) is 15.0 Å². The van der Waals surface area contributed by atoms with E-state index in [2.05, 4.69) is 36.0 Å². The maximum Gasteiger partial charge on any atom is 3.00 e. The maximum atomic E-state index is 4.75. The molecule has 1 aromatic rings. The van der Waals surface area contributed by atoms with Crippen LogP contribution in [0.2, 0.25) is 0 Å². The first-order valence-corrected chi connectivity index (χ1v) is 8.69. The van der Waals surface area contributed by atoms with E-state index in [9.17, 15) is 0 Å². The van der Waals surface area contributed by atoms with E-state index in [0.29, 0.717) is 11.7 Å². The Labute approximate surface area is 206 Å². The zero-order chi connectivity index (χ0) is 17.7. The van der Waals surface area contributed by atoms with Gasteiger partial charge in [-0.2, -0.15) is 0 Å². The van der Waals surface area contributed by atoms with Gasteiger partial charge in [-0.3, -0.25) is 9.98 Å². The van der Waals surface area contributed by atoms with Crippen LogP contribution in [0.5, 0.6) is 0 Å². The van der Waals surface area contributed by atoms with Crippen molar-refractivity contribution >= 4 is 23.1 Å². The monoisotopic (exact) mass is 495 g/mol. The van der Waals surface area contributed by atoms with Crippen molar-refractivity contribution in [3.63, 3.8) is 0 Å². The van der Waals surface area contributed by atoms with Crippen LogP contribution in [0.1, 0.15) is 25.2 Å². The molecule has 0 saturated heterocycles. The second-order valence-electron chi connectivity index (χ2n) is 6.73. The van der Waals surface area contributed by atoms with Crippen molar-refractivity contribution in [3.05, 3.63) is 77.2 Å². The first-order chi connectivity index (χ1) is 12.7. The van der Waals surface area contributed by atoms with Gasteiger partial charge in [0.2, 0.25) is 0 Å². The third kappa shape index (κ3) is 4.61. The predicted octanol–water partition coefficient (Wildman–Crippen LogP) is -5.74. The Hall–Kier alpha value is -1.76. The summed E-state index contributed by atoms with van der Waals surface area (Å²) in [5, 5.41) is 0. The number of hydrogen-bond donors (Lipinski definition) is 0. The maximum absolute atomic E-state index is 4.75. The molecule has 2 aliphatic carbocycles. The number of rotatable bonds is 2. The number of hydrogen-bond acceptors (Lipinski definition) is 5. The van der Waals surface area contributed by atoms with E-state index in [0.717, 1.165) is 22.8 Å². The molecule has 5 rings (SSSR count). The van der Waals surface area contributed by atoms with Gasteiger partial charge in [0.05, 0.1) is 11.4 Å². The van der Waals surface area contributed by atoms with Crippen LogP contribution in [-0.4, -0.2) is 40.2 Å². The Morgan fingerprint density at radius 1 is 0.700 bits per heavy atom. The van der Waals surface area contributed by atoms with Crippen LogP contribution in [0, 0.1) is 0 Å². The molecule has 5 nitrogen and oxygen atoms in total. The van der Waals surface area contributed by atoms with Crippen molar-refractivity contribution in [2.75, 3.05) is 0 Å². The van der Waals surface area contributed by atoms with Crippen molar-refractivity contribution in [2.45, 2.75) is 25.9 Å². The molecule has 9 heteroatoms. The summed E-state index contributed by atoms with van der Waals surface area (Å²) in [7, 11) is 0. The Morgan fingerprint density at radius 2 is 1.13 bits per heavy atom. The summed E-state index contributed by atoms with van der Waals surface area (Å²) in [5.41, 5.74) is 5.85. The van der Waals surface area contributed by atoms with Gasteiger partial charge in [-0.1, -0.05) is 30.4 Å². The number of aliphatic imine (C=N–C) groups is 4. The second-order valence-corrected chi connectivity index (χ2v) is 6.73. The zero-order valence-electron chi connectivity index (χ0n) is 16.2. The Morgan fingerprint density at radius 3 is 1.53 bits per heavy atom. The first-order valence-electron chi connectivity index (χ1n) is 8.69. The summed E-state index contributed by atoms with van der Waals surface area (Å²) < 4.78 is 0. The fourth-order valence-electron chi connectivity index (χ4n) is 3.44. The number of pyridine rings is 1. The summed E-state index contributed by atoms with van der Waals surface area (Å²) in [6, 6.07) is 5.88. The van der Waals surface area contributed by atoms with Crippen molar-refractivity contribution in [2.24, 2.45) is 20.0 Å². The van der Waals surface area contributed by atoms with Gasteiger partial charge in [0.25, 0.3) is 0 Å². The first kappa shape index (κ1) is 26.3. The van der Waals surface area contributed by atoms with E-state index in [1.165, 1.54) is 11.1 Å². The van der Waals surface area contributed by atoms with E-state index < -0.39 is 0 Å². The molecule has 0 radical (unpaired) electrons. The van der Waals surface area contributed by atoms with Gasteiger partial charge in [-0.05, 0) is 49.3 Å². The van der Waals surface area contributed by atoms with Crippen LogP contribution in [0.3, 0.4) is 0 Å². The molecule has 30 heavy (non-hydrogen) atoms. The average Bonchev–Trinajstić information content (AvgIpc) is 3.28. The van der Waals surface area contributed by atoms with E-state index in [4.69, 9.17) is 15.0 Å². The molecule has 2 unspecified atom stereocenters. The van der Waals surface area contributed by atoms with Crippen LogP contribution in [0.4, 0.5) is 0 Å². The number of fused-ring (bicyclic) bond motifs is 2. The van der Waals surface area contributed by atoms with Gasteiger partial charge < -0.3 is 37.2 Å². The Kier molecular flexibility index (Phi) is 9.21. The van der Waals surface area contributed by atoms with Crippen molar-refractivity contribution in [1.82, 2.24) is 4.98 Å². The van der Waals surface area contributed by atoms with E-state index in [1.54, 1.807) is 0 Å². The normalized spacial score (nSPS) is 22.2. The molecule has 1 aromatic heterocycles. The summed E-state index contributed by atoms with van der Waals surface area (Å²) in [4.78, 5) is 23.6. The van der Waals surface area contributed by atoms with Crippen LogP contribution in [0.25, 0.3) is 0 Å². The molecule has 3 heterocycles. The van der Waals surface area contributed by atoms with E-state index in [1.807, 2.05) is 42.5 Å². The fraction of sp³-hybridized carbons (Fsp3) is 0.190. The number of nitrogens with zero attached hydrogens (tertiary/aromatic N) is 5. The van der Waals surface area contributed by atoms with Crippen LogP contribution < -0.4 is 37.2 Å². The second kappa shape index (κ2) is 10.5. The van der Waals surface area contributed by atoms with Crippen molar-refractivity contribution in [1.29, 1.82) is 0 Å². The summed E-state index contributed by atoms with van der Waals surface area (Å²) in [6.07, 6.45) is 12.2. The summed E-state index contributed by atoms with van der Waals surface area (Å²) in [6.45, 7) is 4.16. The summed E-state index contributed by atoms with van der Waals surface area (Å²) >= 11 is 0. The molecule has 2 aliphatic heterocycles. The quantitative estimate of drug-likeness (QED) is 0.403. The molecule has 0 bridgehead atoms. The molecule has 4 aliphatic rings. The average molecular weight is 497 g/mol. The van der Waals surface area contributed by atoms with Crippen LogP contribution in [0.15, 0.2) is 85.8 Å². The standard InChI is InChI=1S/C21H17N5.3ClH.V/c1-12-6-3-8-14-18(12)25-20(23-14)16-10-5-11-17(22-16)21-24-15-9-4-7-13(2)19(15)26-21;;;;/h3-11,18-19H,1-2H3;3*1H;/q;;;;+3/p-3. The van der Waals surface area contributed by atoms with Gasteiger partial charge in [0, 0.05) is 0 Å². The molecule has 0 aromatic carbocycles. The molecule has 0 N–H and O–H groups in total. The third-order valence-corrected chi connectivity index (χ3v) is 4.86. The van der Waals surface area contributed by atoms with Gasteiger partial charge in [0.1, 0.15) is 23.5 Å². The number of amidine groups is 2. The van der Waals surface area contributed by atoms with E-state index in [-0.39, 0.29) is 67.9 Å². The fourth-order valence-corrected chi connectivity index (χ4v) is 3.44. The minimum Gasteiger partial charge on any atom is -1.00 e. The molecule has 0 amide bonds. The Bertz CT molecular complexity index is 999. The van der Waals surface area contributed by atoms with Gasteiger partial charge >= 0.3 is 18.6 Å². The number of halogens is 3. The molecule has 0 fully saturated rings. The predicted molar refractivity (Wildman–Crippen MR) is 106 cm³/mol. The Balaban J connectivity index is 0.00000112. The van der Waals surface area contributed by atoms with E-state index >= 15 is 0 Å². The topological polar surface area (TPSA) is 62.3 Å². The van der Waals surface area contributed by atoms with Crippen LogP contribution >= 0.6 is 0 Å². The zero-order valence-corrected chi connectivity index (χ0v) is 19.8. The molecule has 2 atom stereocenters. The van der Waals surface area contributed by atoms with Crippen molar-refractivity contribution in [3.8, 4) is 0 Å². The molecular formula is C21H17Cl3N5V. The third-order valence-electron chi connectivity index (χ3n) is 4.86. The summed E-state index contributed by atoms with van der Waals surface area (Å²) in [5.74, 6) is 1.34. The smallest absolute Gasteiger partial charge is 1.00 e. The minimum absolute atomic E-state index is 0. The SMILES string of the molecule is CC1=CC=CC2=NC(c3cccc(C4=NC5C(C)=CC=CC5=N4)n3)=NC12.[Cl-].[Cl-].[Cl-].[V+3]. The number of aromatic nitrogens is 1. The van der Waals surface area contributed by atoms with Crippen LogP contribution in [-0.2, 0) is 18.6 Å². The minimum atomic E-state index is 0. The molecular weight excluding hydrogens is 480 g/mol. The molecule has 152 valence electrons. The number of allylic oxidation sites excluding steroid dienone is 4. The largest absolute Gasteiger partial charge is 3.00 e. The van der Waals surface area contributed by atoms with Gasteiger partial charge in [0.15, 0.2) is 11.7 Å². The molecule has 0 spiro atoms. The molecule has 0 saturated carbocycles.